The van der Waals surface area contributed by atoms with Crippen LogP contribution in [0.2, 0.25) is 0 Å². The quantitative estimate of drug-likeness (QED) is 0.802. The number of hydrogen-bond donors (Lipinski definition) is 1. The van der Waals surface area contributed by atoms with E-state index in [1.165, 1.54) is 0 Å². The largest absolute Gasteiger partial charge is 0.480 e. The first kappa shape index (κ1) is 11.7. The summed E-state index contributed by atoms with van der Waals surface area (Å²) in [6.07, 6.45) is 0.624. The van der Waals surface area contributed by atoms with Crippen molar-refractivity contribution in [2.45, 2.75) is 25.9 Å². The van der Waals surface area contributed by atoms with E-state index in [1.807, 2.05) is 49.2 Å². The van der Waals surface area contributed by atoms with Gasteiger partial charge in [0.25, 0.3) is 0 Å². The summed E-state index contributed by atoms with van der Waals surface area (Å²) < 4.78 is 0. The molecule has 0 amide bonds. The molecule has 0 aliphatic carbocycles. The van der Waals surface area contributed by atoms with E-state index in [0.29, 0.717) is 13.0 Å². The van der Waals surface area contributed by atoms with Crippen LogP contribution in [-0.2, 0) is 11.3 Å². The lowest BCUT2D eigenvalue weighted by Crippen LogP contribution is -2.37. The molecule has 0 aromatic heterocycles. The van der Waals surface area contributed by atoms with Crippen LogP contribution in [0.4, 0.5) is 0 Å². The highest BCUT2D eigenvalue weighted by Gasteiger charge is 2.19. The van der Waals surface area contributed by atoms with Crippen molar-refractivity contribution >= 4 is 5.97 Å². The van der Waals surface area contributed by atoms with Crippen molar-refractivity contribution in [2.24, 2.45) is 0 Å². The van der Waals surface area contributed by atoms with Gasteiger partial charge in [-0.05, 0) is 19.0 Å². The summed E-state index contributed by atoms with van der Waals surface area (Å²) in [5.74, 6) is -0.754. The molecule has 1 rings (SSSR count). The predicted octanol–water partition coefficient (Wildman–Crippen LogP) is 1.98. The van der Waals surface area contributed by atoms with Crippen LogP contribution in [-0.4, -0.2) is 29.1 Å². The van der Waals surface area contributed by atoms with E-state index in [2.05, 4.69) is 0 Å². The molecule has 82 valence electrons. The fourth-order valence-corrected chi connectivity index (χ4v) is 1.66. The SMILES string of the molecule is CC[C@H](C(=O)O)N(C)Cc1ccccc1. The molecule has 0 radical (unpaired) electrons. The number of nitrogens with zero attached hydrogens (tertiary/aromatic N) is 1. The van der Waals surface area contributed by atoms with Gasteiger partial charge in [0.2, 0.25) is 0 Å². The lowest BCUT2D eigenvalue weighted by atomic mass is 10.1. The van der Waals surface area contributed by atoms with Gasteiger partial charge in [-0.1, -0.05) is 37.3 Å². The molecule has 0 saturated heterocycles. The summed E-state index contributed by atoms with van der Waals surface area (Å²) in [5, 5.41) is 8.98. The van der Waals surface area contributed by atoms with Gasteiger partial charge in [-0.15, -0.1) is 0 Å². The Kier molecular flexibility index (Phi) is 4.31. The fourth-order valence-electron chi connectivity index (χ4n) is 1.66. The first-order chi connectivity index (χ1) is 7.15. The van der Waals surface area contributed by atoms with Crippen molar-refractivity contribution in [3.63, 3.8) is 0 Å². The normalized spacial score (nSPS) is 12.7. The summed E-state index contributed by atoms with van der Waals surface area (Å²) in [7, 11) is 1.84. The first-order valence-corrected chi connectivity index (χ1v) is 5.12. The molecule has 15 heavy (non-hydrogen) atoms. The van der Waals surface area contributed by atoms with E-state index in [-0.39, 0.29) is 0 Å². The molecule has 3 heteroatoms. The number of hydrogen-bond acceptors (Lipinski definition) is 2. The molecule has 1 N–H and O–H groups in total. The van der Waals surface area contributed by atoms with Crippen LogP contribution in [0.3, 0.4) is 0 Å². The number of rotatable bonds is 5. The van der Waals surface area contributed by atoms with E-state index < -0.39 is 12.0 Å². The molecule has 1 aromatic rings. The maximum absolute atomic E-state index is 10.9. The van der Waals surface area contributed by atoms with Crippen LogP contribution >= 0.6 is 0 Å². The number of carboxylic acids is 1. The Morgan fingerprint density at radius 1 is 1.40 bits per heavy atom. The lowest BCUT2D eigenvalue weighted by molar-refractivity contribution is -0.143. The van der Waals surface area contributed by atoms with Crippen LogP contribution in [0.15, 0.2) is 30.3 Å². The second-order valence-corrected chi connectivity index (χ2v) is 3.66. The highest BCUT2D eigenvalue weighted by molar-refractivity contribution is 5.73. The van der Waals surface area contributed by atoms with E-state index in [4.69, 9.17) is 5.11 Å². The van der Waals surface area contributed by atoms with Gasteiger partial charge in [-0.3, -0.25) is 9.69 Å². The van der Waals surface area contributed by atoms with Crippen molar-refractivity contribution in [3.8, 4) is 0 Å². The van der Waals surface area contributed by atoms with E-state index in [1.54, 1.807) is 0 Å². The number of benzene rings is 1. The van der Waals surface area contributed by atoms with Gasteiger partial charge in [0, 0.05) is 6.54 Å². The molecule has 0 bridgehead atoms. The molecule has 0 unspecified atom stereocenters. The summed E-state index contributed by atoms with van der Waals surface area (Å²) >= 11 is 0. The average Bonchev–Trinajstić information content (AvgIpc) is 2.19. The Labute approximate surface area is 90.3 Å². The predicted molar refractivity (Wildman–Crippen MR) is 59.6 cm³/mol. The number of carbonyl (C=O) groups is 1. The Morgan fingerprint density at radius 3 is 2.47 bits per heavy atom. The average molecular weight is 207 g/mol. The standard InChI is InChI=1S/C12H17NO2/c1-3-11(12(14)15)13(2)9-10-7-5-4-6-8-10/h4-8,11H,3,9H2,1-2H3,(H,14,15)/t11-/m1/s1. The topological polar surface area (TPSA) is 40.5 Å². The molecule has 0 aliphatic heterocycles. The molecular formula is C12H17NO2. The minimum absolute atomic E-state index is 0.398. The lowest BCUT2D eigenvalue weighted by Gasteiger charge is -2.23. The molecule has 0 aliphatic rings. The highest BCUT2D eigenvalue weighted by atomic mass is 16.4. The van der Waals surface area contributed by atoms with Crippen LogP contribution in [0, 0.1) is 0 Å². The highest BCUT2D eigenvalue weighted by Crippen LogP contribution is 2.08. The molecule has 0 saturated carbocycles. The van der Waals surface area contributed by atoms with Crippen LogP contribution < -0.4 is 0 Å². The van der Waals surface area contributed by atoms with Crippen molar-refractivity contribution < 1.29 is 9.90 Å². The third kappa shape index (κ3) is 3.36. The molecule has 0 spiro atoms. The third-order valence-corrected chi connectivity index (χ3v) is 2.48. The third-order valence-electron chi connectivity index (χ3n) is 2.48. The maximum atomic E-state index is 10.9. The maximum Gasteiger partial charge on any atom is 0.320 e. The van der Waals surface area contributed by atoms with Crippen molar-refractivity contribution in [1.29, 1.82) is 0 Å². The van der Waals surface area contributed by atoms with Crippen LogP contribution in [0.25, 0.3) is 0 Å². The first-order valence-electron chi connectivity index (χ1n) is 5.12. The Hall–Kier alpha value is -1.35. The van der Waals surface area contributed by atoms with Gasteiger partial charge in [0.15, 0.2) is 0 Å². The van der Waals surface area contributed by atoms with Gasteiger partial charge in [-0.25, -0.2) is 0 Å². The van der Waals surface area contributed by atoms with Crippen molar-refractivity contribution in [1.82, 2.24) is 4.90 Å². The zero-order valence-corrected chi connectivity index (χ0v) is 9.18. The molecule has 0 heterocycles. The van der Waals surface area contributed by atoms with Gasteiger partial charge >= 0.3 is 5.97 Å². The van der Waals surface area contributed by atoms with Crippen molar-refractivity contribution in [2.75, 3.05) is 7.05 Å². The summed E-state index contributed by atoms with van der Waals surface area (Å²) in [6, 6.07) is 9.49. The van der Waals surface area contributed by atoms with E-state index in [0.717, 1.165) is 5.56 Å². The fraction of sp³-hybridized carbons (Fsp3) is 0.417. The monoisotopic (exact) mass is 207 g/mol. The number of carboxylic acid groups (broad SMARTS) is 1. The Balaban J connectivity index is 2.62. The minimum Gasteiger partial charge on any atom is -0.480 e. The van der Waals surface area contributed by atoms with E-state index >= 15 is 0 Å². The number of likely N-dealkylation sites (N-methyl/N-ethyl adjacent to an activating group) is 1. The smallest absolute Gasteiger partial charge is 0.320 e. The molecule has 0 fully saturated rings. The molecule has 1 atom stereocenters. The summed E-state index contributed by atoms with van der Waals surface area (Å²) in [4.78, 5) is 12.8. The van der Waals surface area contributed by atoms with Gasteiger partial charge in [0.1, 0.15) is 6.04 Å². The summed E-state index contributed by atoms with van der Waals surface area (Å²) in [5.41, 5.74) is 1.14. The van der Waals surface area contributed by atoms with Crippen molar-refractivity contribution in [3.05, 3.63) is 35.9 Å². The molecule has 1 aromatic carbocycles. The number of aliphatic carboxylic acids is 1. The minimum atomic E-state index is -0.754. The zero-order valence-electron chi connectivity index (χ0n) is 9.18. The zero-order chi connectivity index (χ0) is 11.3. The Morgan fingerprint density at radius 2 is 2.00 bits per heavy atom. The van der Waals surface area contributed by atoms with Gasteiger partial charge < -0.3 is 5.11 Å². The van der Waals surface area contributed by atoms with Gasteiger partial charge in [-0.2, -0.15) is 0 Å². The van der Waals surface area contributed by atoms with Gasteiger partial charge in [0.05, 0.1) is 0 Å². The van der Waals surface area contributed by atoms with Crippen LogP contribution in [0.1, 0.15) is 18.9 Å². The molecule has 3 nitrogen and oxygen atoms in total. The molecular weight excluding hydrogens is 190 g/mol. The second kappa shape index (κ2) is 5.51. The summed E-state index contributed by atoms with van der Waals surface area (Å²) in [6.45, 7) is 2.56. The van der Waals surface area contributed by atoms with Crippen LogP contribution in [0.5, 0.6) is 0 Å². The Bertz CT molecular complexity index is 311. The van der Waals surface area contributed by atoms with E-state index in [9.17, 15) is 4.79 Å². The second-order valence-electron chi connectivity index (χ2n) is 3.66.